The van der Waals surface area contributed by atoms with Gasteiger partial charge in [0.05, 0.1) is 0 Å². The molecule has 0 bridgehead atoms. The van der Waals surface area contributed by atoms with Crippen LogP contribution in [0.5, 0.6) is 0 Å². The van der Waals surface area contributed by atoms with Crippen molar-refractivity contribution in [2.75, 3.05) is 0 Å². The zero-order valence-corrected chi connectivity index (χ0v) is 5.03. The van der Waals surface area contributed by atoms with Crippen LogP contribution in [0.2, 0.25) is 0 Å². The summed E-state index contributed by atoms with van der Waals surface area (Å²) in [5.74, 6) is 0. The number of aromatic amines is 1. The molecule has 2 nitrogen and oxygen atoms in total. The molecule has 0 aromatic carbocycles. The van der Waals surface area contributed by atoms with Crippen LogP contribution in [-0.4, -0.2) is 4.98 Å². The summed E-state index contributed by atoms with van der Waals surface area (Å²) in [7, 11) is 0. The van der Waals surface area contributed by atoms with Gasteiger partial charge < -0.3 is 4.98 Å². The predicted octanol–water partition coefficient (Wildman–Crippen LogP) is 0.434. The minimum absolute atomic E-state index is 0. The first-order valence-electron chi connectivity index (χ1n) is 1.52. The largest absolute Gasteiger partial charge is 0.319 e. The van der Waals surface area contributed by atoms with Crippen LogP contribution in [0.4, 0.5) is 0 Å². The Labute approximate surface area is 55.0 Å². The number of nitrogens with one attached hydrogen (secondary N) is 1. The van der Waals surface area contributed by atoms with E-state index in [9.17, 15) is 4.79 Å². The molecule has 4 heteroatoms. The van der Waals surface area contributed by atoms with E-state index in [1.807, 2.05) is 0 Å². The van der Waals surface area contributed by atoms with Crippen LogP contribution in [0.15, 0.2) is 16.4 Å². The van der Waals surface area contributed by atoms with Crippen LogP contribution in [0.3, 0.4) is 0 Å². The average Bonchev–Trinajstić information content (AvgIpc) is 1.86. The number of thiazole rings is 1. The summed E-state index contributed by atoms with van der Waals surface area (Å²) in [6, 6.07) is 0. The molecule has 0 aliphatic carbocycles. The third-order valence-electron chi connectivity index (χ3n) is 0.444. The van der Waals surface area contributed by atoms with Gasteiger partial charge in [0.2, 0.25) is 0 Å². The SMILES string of the molecule is O=c1[nH]ccs1.[Cu]. The molecule has 0 saturated heterocycles. The molecule has 7 heavy (non-hydrogen) atoms. The Kier molecular flexibility index (Phi) is 3.00. The monoisotopic (exact) mass is 164 g/mol. The van der Waals surface area contributed by atoms with E-state index < -0.39 is 0 Å². The van der Waals surface area contributed by atoms with Crippen molar-refractivity contribution in [3.63, 3.8) is 0 Å². The molecule has 43 valence electrons. The van der Waals surface area contributed by atoms with E-state index >= 15 is 0 Å². The van der Waals surface area contributed by atoms with Crippen LogP contribution in [0.25, 0.3) is 0 Å². The maximum atomic E-state index is 10.0. The first-order chi connectivity index (χ1) is 2.89. The van der Waals surface area contributed by atoms with Gasteiger partial charge in [-0.2, -0.15) is 0 Å². The van der Waals surface area contributed by atoms with Gasteiger partial charge in [-0.25, -0.2) is 0 Å². The Morgan fingerprint density at radius 2 is 2.43 bits per heavy atom. The summed E-state index contributed by atoms with van der Waals surface area (Å²) in [5.41, 5.74) is 0. The standard InChI is InChI=1S/C3H3NOS.Cu/c5-3-4-1-2-6-3;/h1-2H,(H,4,5);. The van der Waals surface area contributed by atoms with Crippen molar-refractivity contribution >= 4 is 11.3 Å². The number of H-pyrrole nitrogens is 1. The summed E-state index contributed by atoms with van der Waals surface area (Å²) >= 11 is 1.17. The van der Waals surface area contributed by atoms with E-state index in [4.69, 9.17) is 0 Å². The number of hydrogen-bond acceptors (Lipinski definition) is 2. The quantitative estimate of drug-likeness (QED) is 0.555. The minimum Gasteiger partial charge on any atom is -0.319 e. The van der Waals surface area contributed by atoms with Gasteiger partial charge in [-0.05, 0) is 0 Å². The summed E-state index contributed by atoms with van der Waals surface area (Å²) in [6.45, 7) is 0. The van der Waals surface area contributed by atoms with E-state index in [2.05, 4.69) is 4.98 Å². The smallest absolute Gasteiger partial charge is 0.304 e. The molecular weight excluding hydrogens is 162 g/mol. The summed E-state index contributed by atoms with van der Waals surface area (Å²) < 4.78 is 0. The first kappa shape index (κ1) is 6.95. The van der Waals surface area contributed by atoms with Crippen LogP contribution >= 0.6 is 11.3 Å². The molecule has 0 spiro atoms. The van der Waals surface area contributed by atoms with E-state index in [1.165, 1.54) is 11.3 Å². The van der Waals surface area contributed by atoms with Gasteiger partial charge in [0.1, 0.15) is 0 Å². The molecule has 0 aliphatic heterocycles. The van der Waals surface area contributed by atoms with Gasteiger partial charge in [-0.3, -0.25) is 4.79 Å². The fraction of sp³-hybridized carbons (Fsp3) is 0. The third-order valence-corrected chi connectivity index (χ3v) is 1.05. The maximum absolute atomic E-state index is 10.0. The molecule has 1 aromatic heterocycles. The van der Waals surface area contributed by atoms with Crippen molar-refractivity contribution in [2.45, 2.75) is 0 Å². The van der Waals surface area contributed by atoms with E-state index in [0.717, 1.165) is 0 Å². The van der Waals surface area contributed by atoms with Crippen LogP contribution < -0.4 is 4.87 Å². The molecular formula is C3H3CuNOS. The second-order valence-electron chi connectivity index (χ2n) is 0.852. The molecule has 1 heterocycles. The molecule has 0 saturated carbocycles. The van der Waals surface area contributed by atoms with Crippen molar-refractivity contribution in [2.24, 2.45) is 0 Å². The zero-order chi connectivity index (χ0) is 4.41. The normalized spacial score (nSPS) is 7.43. The number of hydrogen-bond donors (Lipinski definition) is 1. The molecule has 1 aromatic rings. The summed E-state index contributed by atoms with van der Waals surface area (Å²) in [5, 5.41) is 1.71. The van der Waals surface area contributed by atoms with Gasteiger partial charge in [-0.1, -0.05) is 11.3 Å². The molecule has 1 radical (unpaired) electrons. The predicted molar refractivity (Wildman–Crippen MR) is 24.9 cm³/mol. The topological polar surface area (TPSA) is 32.9 Å². The molecule has 0 amide bonds. The van der Waals surface area contributed by atoms with Crippen LogP contribution in [0, 0.1) is 0 Å². The van der Waals surface area contributed by atoms with Gasteiger partial charge in [0.15, 0.2) is 0 Å². The van der Waals surface area contributed by atoms with Crippen molar-refractivity contribution < 1.29 is 17.1 Å². The van der Waals surface area contributed by atoms with Crippen molar-refractivity contribution in [3.05, 3.63) is 21.2 Å². The third kappa shape index (κ3) is 1.92. The first-order valence-corrected chi connectivity index (χ1v) is 2.40. The Balaban J connectivity index is 0.000000360. The molecule has 1 rings (SSSR count). The molecule has 1 N–H and O–H groups in total. The van der Waals surface area contributed by atoms with Gasteiger partial charge in [-0.15, -0.1) is 0 Å². The maximum Gasteiger partial charge on any atom is 0.304 e. The fourth-order valence-electron chi connectivity index (χ4n) is 0.232. The fourth-order valence-corrected chi connectivity index (χ4v) is 0.628. The second-order valence-corrected chi connectivity index (χ2v) is 1.73. The van der Waals surface area contributed by atoms with E-state index in [1.54, 1.807) is 11.6 Å². The molecule has 0 fully saturated rings. The molecule has 0 unspecified atom stereocenters. The Bertz CT molecular complexity index is 153. The molecule has 0 atom stereocenters. The second kappa shape index (κ2) is 3.02. The number of aromatic nitrogens is 1. The number of rotatable bonds is 0. The average molecular weight is 165 g/mol. The summed E-state index contributed by atoms with van der Waals surface area (Å²) in [6.07, 6.45) is 1.62. The Morgan fingerprint density at radius 3 is 2.57 bits per heavy atom. The van der Waals surface area contributed by atoms with E-state index in [-0.39, 0.29) is 21.9 Å². The van der Waals surface area contributed by atoms with Crippen LogP contribution in [0.1, 0.15) is 0 Å². The van der Waals surface area contributed by atoms with Crippen LogP contribution in [-0.2, 0) is 17.1 Å². The van der Waals surface area contributed by atoms with Gasteiger partial charge in [0.25, 0.3) is 0 Å². The summed E-state index contributed by atoms with van der Waals surface area (Å²) in [4.78, 5) is 12.5. The van der Waals surface area contributed by atoms with Gasteiger partial charge in [0, 0.05) is 28.6 Å². The van der Waals surface area contributed by atoms with E-state index in [0.29, 0.717) is 0 Å². The van der Waals surface area contributed by atoms with Gasteiger partial charge >= 0.3 is 4.87 Å². The zero-order valence-electron chi connectivity index (χ0n) is 3.27. The van der Waals surface area contributed by atoms with Crippen molar-refractivity contribution in [1.29, 1.82) is 0 Å². The van der Waals surface area contributed by atoms with Crippen molar-refractivity contribution in [1.82, 2.24) is 4.98 Å². The Morgan fingerprint density at radius 1 is 1.71 bits per heavy atom. The minimum atomic E-state index is 0. The van der Waals surface area contributed by atoms with Crippen molar-refractivity contribution in [3.8, 4) is 0 Å². The Hall–Kier alpha value is -0.0505. The molecule has 0 aliphatic rings.